The largest absolute Gasteiger partial charge is 0.541 e. The molecule has 0 aliphatic heterocycles. The second kappa shape index (κ2) is 8.14. The summed E-state index contributed by atoms with van der Waals surface area (Å²) in [4.78, 5) is 0. The van der Waals surface area contributed by atoms with Crippen molar-refractivity contribution in [1.82, 2.24) is 0 Å². The molecule has 3 aromatic rings. The molecule has 6 heteroatoms. The zero-order valence-electron chi connectivity index (χ0n) is 14.5. The van der Waals surface area contributed by atoms with Crippen LogP contribution in [0.2, 0.25) is 0 Å². The van der Waals surface area contributed by atoms with Crippen LogP contribution in [0.1, 0.15) is 11.1 Å². The lowest BCUT2D eigenvalue weighted by molar-refractivity contribution is 0.392. The van der Waals surface area contributed by atoms with Gasteiger partial charge in [0.25, 0.3) is 0 Å². The van der Waals surface area contributed by atoms with Crippen LogP contribution in [-0.2, 0) is 4.57 Å². The van der Waals surface area contributed by atoms with Crippen LogP contribution in [-0.4, -0.2) is 0 Å². The van der Waals surface area contributed by atoms with E-state index in [-0.39, 0.29) is 0 Å². The normalized spacial score (nSPS) is 11.0. The maximum absolute atomic E-state index is 13.5. The molecule has 0 heterocycles. The second-order valence-electron chi connectivity index (χ2n) is 5.93. The molecule has 0 spiro atoms. The van der Waals surface area contributed by atoms with Crippen molar-refractivity contribution in [3.05, 3.63) is 87.5 Å². The molecule has 0 aliphatic carbocycles. The summed E-state index contributed by atoms with van der Waals surface area (Å²) >= 11 is 2.22. The van der Waals surface area contributed by atoms with E-state index in [1.807, 2.05) is 74.5 Å². The lowest BCUT2D eigenvalue weighted by Crippen LogP contribution is -2.10. The van der Waals surface area contributed by atoms with Crippen molar-refractivity contribution in [3.63, 3.8) is 0 Å². The van der Waals surface area contributed by atoms with E-state index in [9.17, 15) is 4.57 Å². The number of nitrogens with one attached hydrogen (secondary N) is 1. The standard InChI is InChI=1S/C20H19INO3P/c1-15-5-3-7-19(13-15)24-26(23,22-18-11-9-17(21)10-12-18)25-20-8-4-6-16(2)14-20/h3-14H,1-2H3,(H,22,23). The highest BCUT2D eigenvalue weighted by Crippen LogP contribution is 2.48. The number of halogens is 1. The molecule has 3 aromatic carbocycles. The fourth-order valence-electron chi connectivity index (χ4n) is 2.37. The topological polar surface area (TPSA) is 47.6 Å². The number of hydrogen-bond acceptors (Lipinski definition) is 3. The van der Waals surface area contributed by atoms with E-state index in [2.05, 4.69) is 27.7 Å². The van der Waals surface area contributed by atoms with Crippen molar-refractivity contribution in [1.29, 1.82) is 0 Å². The molecule has 1 N–H and O–H groups in total. The summed E-state index contributed by atoms with van der Waals surface area (Å²) in [5.41, 5.74) is 2.69. The molecule has 0 unspecified atom stereocenters. The molecular formula is C20H19INO3P. The van der Waals surface area contributed by atoms with E-state index >= 15 is 0 Å². The fraction of sp³-hybridized carbons (Fsp3) is 0.100. The smallest absolute Gasteiger partial charge is 0.400 e. The summed E-state index contributed by atoms with van der Waals surface area (Å²) in [5.74, 6) is 0.970. The molecule has 0 aromatic heterocycles. The molecule has 4 nitrogen and oxygen atoms in total. The minimum atomic E-state index is -3.69. The Balaban J connectivity index is 1.91. The first-order valence-corrected chi connectivity index (χ1v) is 10.7. The van der Waals surface area contributed by atoms with Crippen LogP contribution in [0.5, 0.6) is 11.5 Å². The molecule has 26 heavy (non-hydrogen) atoms. The van der Waals surface area contributed by atoms with Gasteiger partial charge >= 0.3 is 7.75 Å². The highest BCUT2D eigenvalue weighted by molar-refractivity contribution is 14.1. The van der Waals surface area contributed by atoms with E-state index < -0.39 is 7.75 Å². The van der Waals surface area contributed by atoms with Crippen molar-refractivity contribution in [2.24, 2.45) is 0 Å². The molecule has 0 fully saturated rings. The Hall–Kier alpha value is -1.98. The molecule has 134 valence electrons. The van der Waals surface area contributed by atoms with Gasteiger partial charge in [-0.05, 0) is 96.1 Å². The first-order chi connectivity index (χ1) is 12.4. The molecule has 0 bridgehead atoms. The van der Waals surface area contributed by atoms with Crippen LogP contribution in [0.15, 0.2) is 72.8 Å². The number of aryl methyl sites for hydroxylation is 2. The van der Waals surface area contributed by atoms with E-state index in [4.69, 9.17) is 9.05 Å². The van der Waals surface area contributed by atoms with Crippen molar-refractivity contribution in [2.45, 2.75) is 13.8 Å². The van der Waals surface area contributed by atoms with Crippen LogP contribution >= 0.6 is 30.3 Å². The van der Waals surface area contributed by atoms with Gasteiger partial charge in [0.05, 0.1) is 0 Å². The Labute approximate surface area is 167 Å². The molecule has 0 saturated heterocycles. The molecule has 0 atom stereocenters. The van der Waals surface area contributed by atoms with Gasteiger partial charge in [-0.2, -0.15) is 0 Å². The Morgan fingerprint density at radius 3 is 1.77 bits per heavy atom. The van der Waals surface area contributed by atoms with Gasteiger partial charge in [0, 0.05) is 9.26 Å². The summed E-state index contributed by atoms with van der Waals surface area (Å²) in [6.45, 7) is 3.90. The third-order valence-corrected chi connectivity index (χ3v) is 5.69. The minimum absolute atomic E-state index is 0.485. The Morgan fingerprint density at radius 1 is 0.808 bits per heavy atom. The third-order valence-electron chi connectivity index (χ3n) is 3.54. The SMILES string of the molecule is Cc1cccc(OP(=O)(Nc2ccc(I)cc2)Oc2cccc(C)c2)c1. The van der Waals surface area contributed by atoms with Gasteiger partial charge in [0.15, 0.2) is 0 Å². The molecule has 0 saturated carbocycles. The molecule has 3 rings (SSSR count). The minimum Gasteiger partial charge on any atom is -0.400 e. The lowest BCUT2D eigenvalue weighted by Gasteiger charge is -2.21. The van der Waals surface area contributed by atoms with Gasteiger partial charge in [-0.15, -0.1) is 0 Å². The quantitative estimate of drug-likeness (QED) is 0.320. The van der Waals surface area contributed by atoms with Crippen LogP contribution in [0, 0.1) is 17.4 Å². The number of anilines is 1. The predicted octanol–water partition coefficient (Wildman–Crippen LogP) is 6.59. The first kappa shape index (κ1) is 18.8. The van der Waals surface area contributed by atoms with E-state index in [0.717, 1.165) is 14.7 Å². The van der Waals surface area contributed by atoms with E-state index in [0.29, 0.717) is 17.2 Å². The maximum atomic E-state index is 13.5. The van der Waals surface area contributed by atoms with Gasteiger partial charge in [0.1, 0.15) is 11.5 Å². The molecule has 0 aliphatic rings. The zero-order valence-corrected chi connectivity index (χ0v) is 17.5. The van der Waals surface area contributed by atoms with Gasteiger partial charge in [0.2, 0.25) is 0 Å². The fourth-order valence-corrected chi connectivity index (χ4v) is 4.10. The van der Waals surface area contributed by atoms with Gasteiger partial charge in [-0.3, -0.25) is 5.09 Å². The average Bonchev–Trinajstić information content (AvgIpc) is 2.57. The van der Waals surface area contributed by atoms with Crippen molar-refractivity contribution < 1.29 is 13.6 Å². The number of benzene rings is 3. The van der Waals surface area contributed by atoms with E-state index in [1.54, 1.807) is 12.1 Å². The molecular weight excluding hydrogens is 460 g/mol. The second-order valence-corrected chi connectivity index (χ2v) is 8.76. The summed E-state index contributed by atoms with van der Waals surface area (Å²) < 4.78 is 26.1. The van der Waals surface area contributed by atoms with Gasteiger partial charge < -0.3 is 9.05 Å². The van der Waals surface area contributed by atoms with Crippen LogP contribution in [0.25, 0.3) is 0 Å². The summed E-state index contributed by atoms with van der Waals surface area (Å²) in [6, 6.07) is 22.3. The van der Waals surface area contributed by atoms with Crippen molar-refractivity contribution in [2.75, 3.05) is 5.09 Å². The third kappa shape index (κ3) is 5.26. The lowest BCUT2D eigenvalue weighted by atomic mass is 10.2. The zero-order chi connectivity index (χ0) is 18.6. The van der Waals surface area contributed by atoms with E-state index in [1.165, 1.54) is 0 Å². The molecule has 0 radical (unpaired) electrons. The summed E-state index contributed by atoms with van der Waals surface area (Å²) in [7, 11) is -3.69. The van der Waals surface area contributed by atoms with Crippen molar-refractivity contribution in [3.8, 4) is 11.5 Å². The highest BCUT2D eigenvalue weighted by atomic mass is 127. The molecule has 0 amide bonds. The van der Waals surface area contributed by atoms with Crippen LogP contribution < -0.4 is 14.1 Å². The Morgan fingerprint density at radius 2 is 1.31 bits per heavy atom. The summed E-state index contributed by atoms with van der Waals surface area (Å²) in [5, 5.41) is 2.93. The highest BCUT2D eigenvalue weighted by Gasteiger charge is 2.29. The summed E-state index contributed by atoms with van der Waals surface area (Å²) in [6.07, 6.45) is 0. The average molecular weight is 479 g/mol. The van der Waals surface area contributed by atoms with Gasteiger partial charge in [-0.25, -0.2) is 4.57 Å². The number of rotatable bonds is 6. The first-order valence-electron chi connectivity index (χ1n) is 8.08. The Kier molecular flexibility index (Phi) is 5.89. The Bertz CT molecular complexity index is 892. The number of hydrogen-bond donors (Lipinski definition) is 1. The van der Waals surface area contributed by atoms with Crippen LogP contribution in [0.3, 0.4) is 0 Å². The maximum Gasteiger partial charge on any atom is 0.541 e. The van der Waals surface area contributed by atoms with Crippen LogP contribution in [0.4, 0.5) is 5.69 Å². The van der Waals surface area contributed by atoms with Crippen molar-refractivity contribution >= 4 is 36.0 Å². The predicted molar refractivity (Wildman–Crippen MR) is 114 cm³/mol. The van der Waals surface area contributed by atoms with Gasteiger partial charge in [-0.1, -0.05) is 24.3 Å². The monoisotopic (exact) mass is 479 g/mol.